The van der Waals surface area contributed by atoms with Gasteiger partial charge in [-0.25, -0.2) is 0 Å². The number of hydrogen-bond donors (Lipinski definition) is 1. The maximum atomic E-state index is 5.20. The van der Waals surface area contributed by atoms with Gasteiger partial charge in [0.05, 0.1) is 7.11 Å². The van der Waals surface area contributed by atoms with Crippen LogP contribution in [0.15, 0.2) is 22.7 Å². The van der Waals surface area contributed by atoms with Gasteiger partial charge in [-0.3, -0.25) is 0 Å². The van der Waals surface area contributed by atoms with Crippen molar-refractivity contribution in [1.82, 2.24) is 5.32 Å². The van der Waals surface area contributed by atoms with Crippen molar-refractivity contribution < 1.29 is 4.74 Å². The molecule has 14 heavy (non-hydrogen) atoms. The molecule has 0 aromatic heterocycles. The Kier molecular flexibility index (Phi) is 3.08. The van der Waals surface area contributed by atoms with Crippen LogP contribution in [0.4, 0.5) is 0 Å². The van der Waals surface area contributed by atoms with E-state index in [9.17, 15) is 0 Å². The summed E-state index contributed by atoms with van der Waals surface area (Å²) < 4.78 is 6.27. The molecular weight excluding hydrogens is 242 g/mol. The summed E-state index contributed by atoms with van der Waals surface area (Å²) >= 11 is 3.47. The minimum atomic E-state index is 0.750. The number of ether oxygens (including phenoxy) is 1. The van der Waals surface area contributed by atoms with E-state index in [0.29, 0.717) is 0 Å². The lowest BCUT2D eigenvalue weighted by molar-refractivity contribution is 0.413. The zero-order valence-electron chi connectivity index (χ0n) is 8.22. The van der Waals surface area contributed by atoms with Crippen LogP contribution in [-0.4, -0.2) is 13.2 Å². The first-order valence-electron chi connectivity index (χ1n) is 4.85. The van der Waals surface area contributed by atoms with Crippen molar-refractivity contribution in [2.75, 3.05) is 7.11 Å². The van der Waals surface area contributed by atoms with Crippen molar-refractivity contribution in [2.45, 2.75) is 25.4 Å². The Labute approximate surface area is 92.8 Å². The quantitative estimate of drug-likeness (QED) is 0.894. The molecule has 1 aromatic carbocycles. The van der Waals surface area contributed by atoms with Crippen LogP contribution in [0.1, 0.15) is 18.4 Å². The van der Waals surface area contributed by atoms with Crippen molar-refractivity contribution in [3.8, 4) is 5.75 Å². The molecule has 0 amide bonds. The SMILES string of the molecule is COc1cc(Br)cc(CNC2CC2)c1. The highest BCUT2D eigenvalue weighted by Crippen LogP contribution is 2.23. The summed E-state index contributed by atoms with van der Waals surface area (Å²) in [7, 11) is 1.69. The molecule has 1 fully saturated rings. The molecule has 0 unspecified atom stereocenters. The number of methoxy groups -OCH3 is 1. The van der Waals surface area contributed by atoms with Gasteiger partial charge in [0, 0.05) is 17.1 Å². The molecule has 0 spiro atoms. The molecule has 1 N–H and O–H groups in total. The highest BCUT2D eigenvalue weighted by molar-refractivity contribution is 9.10. The van der Waals surface area contributed by atoms with Crippen LogP contribution >= 0.6 is 15.9 Å². The number of hydrogen-bond acceptors (Lipinski definition) is 2. The van der Waals surface area contributed by atoms with Crippen LogP contribution in [0, 0.1) is 0 Å². The van der Waals surface area contributed by atoms with E-state index < -0.39 is 0 Å². The normalized spacial score (nSPS) is 15.6. The summed E-state index contributed by atoms with van der Waals surface area (Å²) in [5.41, 5.74) is 1.27. The third kappa shape index (κ3) is 2.72. The average molecular weight is 256 g/mol. The summed E-state index contributed by atoms with van der Waals surface area (Å²) in [6.07, 6.45) is 2.65. The van der Waals surface area contributed by atoms with Crippen LogP contribution in [0.3, 0.4) is 0 Å². The molecule has 0 saturated heterocycles. The van der Waals surface area contributed by atoms with E-state index in [1.54, 1.807) is 7.11 Å². The van der Waals surface area contributed by atoms with Gasteiger partial charge in [-0.2, -0.15) is 0 Å². The Hall–Kier alpha value is -0.540. The maximum absolute atomic E-state index is 5.20. The summed E-state index contributed by atoms with van der Waals surface area (Å²) in [6, 6.07) is 6.92. The third-order valence-electron chi connectivity index (χ3n) is 2.34. The van der Waals surface area contributed by atoms with E-state index in [-0.39, 0.29) is 0 Å². The molecule has 76 valence electrons. The van der Waals surface area contributed by atoms with Gasteiger partial charge in [-0.15, -0.1) is 0 Å². The first-order chi connectivity index (χ1) is 6.78. The average Bonchev–Trinajstić information content (AvgIpc) is 2.97. The molecule has 0 aliphatic heterocycles. The standard InChI is InChI=1S/C11H14BrNO/c1-14-11-5-8(4-9(12)6-11)7-13-10-2-3-10/h4-6,10,13H,2-3,7H2,1H3. The maximum Gasteiger partial charge on any atom is 0.120 e. The van der Waals surface area contributed by atoms with Crippen molar-refractivity contribution in [1.29, 1.82) is 0 Å². The topological polar surface area (TPSA) is 21.3 Å². The van der Waals surface area contributed by atoms with Crippen molar-refractivity contribution >= 4 is 15.9 Å². The number of benzene rings is 1. The van der Waals surface area contributed by atoms with E-state index in [1.807, 2.05) is 6.07 Å². The van der Waals surface area contributed by atoms with Gasteiger partial charge in [0.2, 0.25) is 0 Å². The molecule has 0 radical (unpaired) electrons. The Bertz CT molecular complexity index is 323. The lowest BCUT2D eigenvalue weighted by Gasteiger charge is -2.06. The summed E-state index contributed by atoms with van der Waals surface area (Å²) in [6.45, 7) is 0.931. The first-order valence-corrected chi connectivity index (χ1v) is 5.64. The van der Waals surface area contributed by atoms with Gasteiger partial charge in [0.25, 0.3) is 0 Å². The van der Waals surface area contributed by atoms with Crippen molar-refractivity contribution in [3.63, 3.8) is 0 Å². The predicted octanol–water partition coefficient (Wildman–Crippen LogP) is 2.71. The fraction of sp³-hybridized carbons (Fsp3) is 0.455. The molecule has 0 heterocycles. The Morgan fingerprint density at radius 1 is 1.43 bits per heavy atom. The molecular formula is C11H14BrNO. The Morgan fingerprint density at radius 2 is 2.21 bits per heavy atom. The monoisotopic (exact) mass is 255 g/mol. The predicted molar refractivity (Wildman–Crippen MR) is 60.6 cm³/mol. The fourth-order valence-corrected chi connectivity index (χ4v) is 1.91. The zero-order chi connectivity index (χ0) is 9.97. The second-order valence-electron chi connectivity index (χ2n) is 3.65. The summed E-state index contributed by atoms with van der Waals surface area (Å²) in [4.78, 5) is 0. The van der Waals surface area contributed by atoms with Gasteiger partial charge in [0.15, 0.2) is 0 Å². The van der Waals surface area contributed by atoms with E-state index >= 15 is 0 Å². The molecule has 1 aliphatic carbocycles. The first kappa shape index (κ1) is 9.99. The van der Waals surface area contributed by atoms with Gasteiger partial charge >= 0.3 is 0 Å². The van der Waals surface area contributed by atoms with Crippen LogP contribution in [0.5, 0.6) is 5.75 Å². The Morgan fingerprint density at radius 3 is 2.86 bits per heavy atom. The highest BCUT2D eigenvalue weighted by Gasteiger charge is 2.19. The minimum absolute atomic E-state index is 0.750. The van der Waals surface area contributed by atoms with Crippen LogP contribution < -0.4 is 10.1 Å². The van der Waals surface area contributed by atoms with E-state index in [0.717, 1.165) is 22.8 Å². The van der Waals surface area contributed by atoms with E-state index in [4.69, 9.17) is 4.74 Å². The third-order valence-corrected chi connectivity index (χ3v) is 2.80. The number of nitrogens with one attached hydrogen (secondary N) is 1. The van der Waals surface area contributed by atoms with Crippen LogP contribution in [0.2, 0.25) is 0 Å². The van der Waals surface area contributed by atoms with Crippen molar-refractivity contribution in [2.24, 2.45) is 0 Å². The lowest BCUT2D eigenvalue weighted by atomic mass is 10.2. The molecule has 2 nitrogen and oxygen atoms in total. The Balaban J connectivity index is 2.03. The van der Waals surface area contributed by atoms with E-state index in [1.165, 1.54) is 18.4 Å². The highest BCUT2D eigenvalue weighted by atomic mass is 79.9. The second kappa shape index (κ2) is 4.32. The molecule has 2 rings (SSSR count). The lowest BCUT2D eigenvalue weighted by Crippen LogP contribution is -2.15. The minimum Gasteiger partial charge on any atom is -0.497 e. The molecule has 3 heteroatoms. The smallest absolute Gasteiger partial charge is 0.120 e. The number of rotatable bonds is 4. The molecule has 1 aliphatic rings. The summed E-state index contributed by atoms with van der Waals surface area (Å²) in [5, 5.41) is 3.48. The largest absolute Gasteiger partial charge is 0.497 e. The van der Waals surface area contributed by atoms with Gasteiger partial charge in [-0.05, 0) is 36.6 Å². The fourth-order valence-electron chi connectivity index (χ4n) is 1.39. The van der Waals surface area contributed by atoms with Crippen molar-refractivity contribution in [3.05, 3.63) is 28.2 Å². The molecule has 1 saturated carbocycles. The van der Waals surface area contributed by atoms with Gasteiger partial charge < -0.3 is 10.1 Å². The van der Waals surface area contributed by atoms with Gasteiger partial charge in [-0.1, -0.05) is 15.9 Å². The number of halogens is 1. The second-order valence-corrected chi connectivity index (χ2v) is 4.57. The van der Waals surface area contributed by atoms with Gasteiger partial charge in [0.1, 0.15) is 5.75 Å². The van der Waals surface area contributed by atoms with E-state index in [2.05, 4.69) is 33.4 Å². The molecule has 1 aromatic rings. The molecule has 0 atom stereocenters. The molecule has 0 bridgehead atoms. The zero-order valence-corrected chi connectivity index (χ0v) is 9.80. The van der Waals surface area contributed by atoms with Crippen LogP contribution in [-0.2, 0) is 6.54 Å². The summed E-state index contributed by atoms with van der Waals surface area (Å²) in [5.74, 6) is 0.909. The van der Waals surface area contributed by atoms with Crippen LogP contribution in [0.25, 0.3) is 0 Å².